The number of aliphatic hydroxyl groups excluding tert-OH is 2. The van der Waals surface area contributed by atoms with E-state index in [4.69, 9.17) is 14.2 Å². The number of methoxy groups -OCH3 is 1. The van der Waals surface area contributed by atoms with Crippen molar-refractivity contribution < 1.29 is 54.1 Å². The molecule has 6 atom stereocenters. The summed E-state index contributed by atoms with van der Waals surface area (Å²) in [6.07, 6.45) is -4.61. The van der Waals surface area contributed by atoms with Crippen molar-refractivity contribution in [2.45, 2.75) is 62.4 Å². The van der Waals surface area contributed by atoms with Crippen LogP contribution in [-0.4, -0.2) is 106 Å². The Morgan fingerprint density at radius 1 is 1.12 bits per heavy atom. The minimum atomic E-state index is -2.23. The van der Waals surface area contributed by atoms with Gasteiger partial charge >= 0.3 is 0 Å². The highest BCUT2D eigenvalue weighted by atomic mass is 16.7. The van der Waals surface area contributed by atoms with Gasteiger partial charge in [-0.3, -0.25) is 14.4 Å². The number of aromatic hydroxyl groups is 2. The van der Waals surface area contributed by atoms with Gasteiger partial charge in [-0.2, -0.15) is 0 Å². The van der Waals surface area contributed by atoms with Crippen molar-refractivity contribution in [2.75, 3.05) is 27.8 Å². The smallest absolute Gasteiger partial charge is 0.202 e. The lowest BCUT2D eigenvalue weighted by Gasteiger charge is -2.44. The molecule has 0 bridgehead atoms. The maximum absolute atomic E-state index is 13.7. The van der Waals surface area contributed by atoms with Crippen molar-refractivity contribution in [2.24, 2.45) is 0 Å². The maximum atomic E-state index is 13.7. The molecule has 12 nitrogen and oxygen atoms in total. The topological polar surface area (TPSA) is 183 Å². The number of hydrogen-bond acceptors (Lipinski definition) is 12. The van der Waals surface area contributed by atoms with Crippen LogP contribution < -0.4 is 4.74 Å². The third kappa shape index (κ3) is 4.51. The second kappa shape index (κ2) is 10.5. The van der Waals surface area contributed by atoms with Gasteiger partial charge in [-0.05, 0) is 27.1 Å². The molecule has 1 saturated heterocycles. The Morgan fingerprint density at radius 2 is 1.80 bits per heavy atom. The van der Waals surface area contributed by atoms with Crippen molar-refractivity contribution in [1.82, 2.24) is 4.90 Å². The molecule has 5 rings (SSSR count). The molecule has 220 valence electrons. The van der Waals surface area contributed by atoms with Crippen molar-refractivity contribution in [3.63, 3.8) is 0 Å². The number of aliphatic hydroxyl groups is 3. The molecule has 3 aliphatic rings. The van der Waals surface area contributed by atoms with E-state index in [2.05, 4.69) is 0 Å². The van der Waals surface area contributed by atoms with Gasteiger partial charge in [-0.25, -0.2) is 0 Å². The average molecular weight is 572 g/mol. The predicted molar refractivity (Wildman–Crippen MR) is 141 cm³/mol. The van der Waals surface area contributed by atoms with Gasteiger partial charge in [0.05, 0.1) is 42.1 Å². The van der Waals surface area contributed by atoms with Crippen LogP contribution in [-0.2, 0) is 20.7 Å². The van der Waals surface area contributed by atoms with E-state index < -0.39 is 89.6 Å². The number of benzene rings is 2. The molecule has 0 radical (unpaired) electrons. The summed E-state index contributed by atoms with van der Waals surface area (Å²) < 4.78 is 17.3. The Morgan fingerprint density at radius 3 is 2.44 bits per heavy atom. The summed E-state index contributed by atoms with van der Waals surface area (Å²) >= 11 is 0. The SMILES string of the molecule is COc1cccc2c1C(=O)c1c(O)c3c(c(O)c1C2=O)C[C@@](O)(C(=O)CO)CC3O[C@H]1C[C@H](N(C)C)[C@H](O)[C@H](C)O1. The lowest BCUT2D eigenvalue weighted by Crippen LogP contribution is -2.54. The van der Waals surface area contributed by atoms with Gasteiger partial charge in [0.15, 0.2) is 17.9 Å². The first kappa shape index (κ1) is 29.1. The number of ether oxygens (including phenoxy) is 3. The average Bonchev–Trinajstić information content (AvgIpc) is 2.94. The first-order valence-corrected chi connectivity index (χ1v) is 13.2. The highest BCUT2D eigenvalue weighted by Crippen LogP contribution is 2.52. The van der Waals surface area contributed by atoms with Crippen molar-refractivity contribution >= 4 is 17.3 Å². The maximum Gasteiger partial charge on any atom is 0.202 e. The molecule has 0 aromatic heterocycles. The summed E-state index contributed by atoms with van der Waals surface area (Å²) in [7, 11) is 4.89. The lowest BCUT2D eigenvalue weighted by molar-refractivity contribution is -0.256. The van der Waals surface area contributed by atoms with E-state index in [9.17, 15) is 39.9 Å². The minimum absolute atomic E-state index is 0.0420. The van der Waals surface area contributed by atoms with Crippen LogP contribution in [0.4, 0.5) is 0 Å². The summed E-state index contributed by atoms with van der Waals surface area (Å²) in [6.45, 7) is 0.651. The molecular weight excluding hydrogens is 538 g/mol. The van der Waals surface area contributed by atoms with Gasteiger partial charge in [-0.1, -0.05) is 12.1 Å². The van der Waals surface area contributed by atoms with Crippen LogP contribution >= 0.6 is 0 Å². The molecule has 0 saturated carbocycles. The van der Waals surface area contributed by atoms with Crippen molar-refractivity contribution in [3.8, 4) is 17.2 Å². The number of rotatable bonds is 6. The van der Waals surface area contributed by atoms with Gasteiger partial charge in [-0.15, -0.1) is 0 Å². The molecule has 41 heavy (non-hydrogen) atoms. The summed E-state index contributed by atoms with van der Waals surface area (Å²) in [6, 6.07) is 4.02. The molecule has 1 aliphatic heterocycles. The highest BCUT2D eigenvalue weighted by Gasteiger charge is 2.50. The molecule has 5 N–H and O–H groups in total. The number of carbonyl (C=O) groups is 3. The van der Waals surface area contributed by atoms with E-state index in [0.717, 1.165) is 0 Å². The Bertz CT molecular complexity index is 1440. The predicted octanol–water partition coefficient (Wildman–Crippen LogP) is 0.604. The number of ketones is 3. The minimum Gasteiger partial charge on any atom is -0.507 e. The first-order chi connectivity index (χ1) is 19.3. The largest absolute Gasteiger partial charge is 0.507 e. The van der Waals surface area contributed by atoms with Crippen LogP contribution in [0.2, 0.25) is 0 Å². The second-order valence-electron chi connectivity index (χ2n) is 11.0. The Hall–Kier alpha value is -3.39. The van der Waals surface area contributed by atoms with Crippen LogP contribution in [0.5, 0.6) is 17.2 Å². The van der Waals surface area contributed by atoms with Crippen LogP contribution in [0.25, 0.3) is 0 Å². The van der Waals surface area contributed by atoms with Gasteiger partial charge < -0.3 is 44.6 Å². The second-order valence-corrected chi connectivity index (χ2v) is 11.0. The zero-order valence-electron chi connectivity index (χ0n) is 23.1. The number of nitrogens with zero attached hydrogens (tertiary/aromatic N) is 1. The molecule has 2 aromatic carbocycles. The Balaban J connectivity index is 1.67. The molecule has 2 aromatic rings. The van der Waals surface area contributed by atoms with E-state index in [1.54, 1.807) is 25.9 Å². The zero-order valence-corrected chi connectivity index (χ0v) is 23.1. The molecule has 1 unspecified atom stereocenters. The lowest BCUT2D eigenvalue weighted by atomic mass is 9.72. The van der Waals surface area contributed by atoms with Crippen molar-refractivity contribution in [1.29, 1.82) is 0 Å². The van der Waals surface area contributed by atoms with E-state index in [1.807, 2.05) is 0 Å². The van der Waals surface area contributed by atoms with Crippen molar-refractivity contribution in [3.05, 3.63) is 51.6 Å². The van der Waals surface area contributed by atoms with Gasteiger partial charge in [0.1, 0.15) is 29.5 Å². The molecule has 1 heterocycles. The summed E-state index contributed by atoms with van der Waals surface area (Å²) in [4.78, 5) is 41.8. The number of fused-ring (bicyclic) bond motifs is 3. The van der Waals surface area contributed by atoms with Crippen LogP contribution in [0.1, 0.15) is 68.8 Å². The number of Topliss-reactive ketones (excluding diaryl/α,β-unsaturated/α-hetero) is 1. The fourth-order valence-corrected chi connectivity index (χ4v) is 6.21. The number of likely N-dealkylation sites (N-methyl/N-ethyl adjacent to an activating group) is 1. The summed E-state index contributed by atoms with van der Waals surface area (Å²) in [5.74, 6) is -3.68. The Labute approximate surface area is 235 Å². The molecular formula is C29H33NO11. The number of hydrogen-bond donors (Lipinski definition) is 5. The first-order valence-electron chi connectivity index (χ1n) is 13.2. The Kier molecular flexibility index (Phi) is 7.43. The van der Waals surface area contributed by atoms with Gasteiger partial charge in [0.25, 0.3) is 0 Å². The summed E-state index contributed by atoms with van der Waals surface area (Å²) in [5.41, 5.74) is -3.51. The molecule has 1 fully saturated rings. The van der Waals surface area contributed by atoms with E-state index in [1.165, 1.54) is 25.3 Å². The summed E-state index contributed by atoms with van der Waals surface area (Å²) in [5, 5.41) is 54.5. The van der Waals surface area contributed by atoms with E-state index in [-0.39, 0.29) is 40.5 Å². The molecule has 0 spiro atoms. The standard InChI is InChI=1S/C29H33NO11/c1-12-24(33)15(30(2)3)8-19(40-12)41-17-10-29(38,18(32)11-31)9-14-21(17)28(37)23-22(26(14)35)25(34)13-6-5-7-16(39-4)20(13)27(23)36/h5-7,12,15,17,19,24,31,33,35,37-38H,8-11H2,1-4H3/t12-,15-,17?,19-,24+,29-/m0/s1. The third-order valence-electron chi connectivity index (χ3n) is 8.39. The number of phenols is 2. The molecule has 12 heteroatoms. The normalized spacial score (nSPS) is 29.1. The number of phenolic OH excluding ortho intramolecular Hbond substituents is 2. The zero-order chi connectivity index (χ0) is 30.0. The quantitative estimate of drug-likeness (QED) is 0.260. The van der Waals surface area contributed by atoms with Crippen LogP contribution in [0, 0.1) is 0 Å². The number of carbonyl (C=O) groups excluding carboxylic acids is 3. The van der Waals surface area contributed by atoms with Crippen LogP contribution in [0.3, 0.4) is 0 Å². The monoisotopic (exact) mass is 571 g/mol. The van der Waals surface area contributed by atoms with Gasteiger partial charge in [0.2, 0.25) is 5.78 Å². The molecule has 0 amide bonds. The van der Waals surface area contributed by atoms with E-state index >= 15 is 0 Å². The third-order valence-corrected chi connectivity index (χ3v) is 8.39. The fourth-order valence-electron chi connectivity index (χ4n) is 6.21. The van der Waals surface area contributed by atoms with Crippen LogP contribution in [0.15, 0.2) is 18.2 Å². The van der Waals surface area contributed by atoms with E-state index in [0.29, 0.717) is 0 Å². The fraction of sp³-hybridized carbons (Fsp3) is 0.483. The molecule has 2 aliphatic carbocycles. The highest BCUT2D eigenvalue weighted by molar-refractivity contribution is 6.31. The van der Waals surface area contributed by atoms with Gasteiger partial charge in [0, 0.05) is 42.0 Å².